The number of aromatic nitrogens is 1. The second-order valence-electron chi connectivity index (χ2n) is 3.37. The molecule has 0 aliphatic rings. The summed E-state index contributed by atoms with van der Waals surface area (Å²) in [6.07, 6.45) is 4.59. The van der Waals surface area contributed by atoms with E-state index in [0.717, 1.165) is 17.7 Å². The van der Waals surface area contributed by atoms with Crippen molar-refractivity contribution in [3.8, 4) is 11.3 Å². The van der Waals surface area contributed by atoms with Crippen molar-refractivity contribution < 1.29 is 0 Å². The van der Waals surface area contributed by atoms with Crippen molar-refractivity contribution in [1.29, 1.82) is 0 Å². The molecule has 0 radical (unpaired) electrons. The molecule has 0 spiro atoms. The molecule has 0 unspecified atom stereocenters. The molecule has 0 aliphatic heterocycles. The minimum atomic E-state index is 0.859. The minimum absolute atomic E-state index is 0.859. The normalized spacial score (nSPS) is 9.87. The van der Waals surface area contributed by atoms with E-state index in [4.69, 9.17) is 0 Å². The minimum Gasteiger partial charge on any atom is -0.256 e. The van der Waals surface area contributed by atoms with Gasteiger partial charge in [0, 0.05) is 11.8 Å². The third kappa shape index (κ3) is 2.13. The molecular weight excluding hydrogens is 182 g/mol. The number of hydrogen-bond acceptors (Lipinski definition) is 1. The van der Waals surface area contributed by atoms with Gasteiger partial charge in [-0.1, -0.05) is 42.5 Å². The largest absolute Gasteiger partial charge is 0.256 e. The van der Waals surface area contributed by atoms with Crippen LogP contribution in [0.4, 0.5) is 0 Å². The molecule has 2 aromatic rings. The molecular formula is C14H13N. The van der Waals surface area contributed by atoms with Gasteiger partial charge < -0.3 is 0 Å². The van der Waals surface area contributed by atoms with Crippen LogP contribution in [0.15, 0.2) is 61.3 Å². The van der Waals surface area contributed by atoms with Crippen molar-refractivity contribution in [2.75, 3.05) is 0 Å². The molecule has 0 saturated heterocycles. The summed E-state index contributed by atoms with van der Waals surface area (Å²) in [6, 6.07) is 14.3. The highest BCUT2D eigenvalue weighted by Crippen LogP contribution is 2.20. The molecule has 0 atom stereocenters. The standard InChI is InChI=1S/C14H13N/c1-2-7-12-10-6-11-15-14(12)13-8-4-3-5-9-13/h2-6,8-11H,1,7H2. The Kier molecular flexibility index (Phi) is 2.93. The van der Waals surface area contributed by atoms with Gasteiger partial charge in [0.25, 0.3) is 0 Å². The third-order valence-electron chi connectivity index (χ3n) is 2.30. The molecule has 0 amide bonds. The maximum atomic E-state index is 4.42. The molecule has 1 aromatic carbocycles. The molecule has 74 valence electrons. The van der Waals surface area contributed by atoms with Crippen LogP contribution < -0.4 is 0 Å². The highest BCUT2D eigenvalue weighted by molar-refractivity contribution is 5.62. The van der Waals surface area contributed by atoms with E-state index < -0.39 is 0 Å². The van der Waals surface area contributed by atoms with Crippen LogP contribution in [0.1, 0.15) is 5.56 Å². The number of pyridine rings is 1. The highest BCUT2D eigenvalue weighted by Gasteiger charge is 2.03. The Morgan fingerprint density at radius 3 is 2.60 bits per heavy atom. The van der Waals surface area contributed by atoms with Crippen molar-refractivity contribution in [3.63, 3.8) is 0 Å². The van der Waals surface area contributed by atoms with E-state index >= 15 is 0 Å². The summed E-state index contributed by atoms with van der Waals surface area (Å²) in [7, 11) is 0. The number of rotatable bonds is 3. The van der Waals surface area contributed by atoms with Gasteiger partial charge in [-0.15, -0.1) is 6.58 Å². The smallest absolute Gasteiger partial charge is 0.0737 e. The van der Waals surface area contributed by atoms with Gasteiger partial charge in [0.2, 0.25) is 0 Å². The van der Waals surface area contributed by atoms with Crippen molar-refractivity contribution in [3.05, 3.63) is 66.9 Å². The lowest BCUT2D eigenvalue weighted by atomic mass is 10.0. The Morgan fingerprint density at radius 1 is 1.07 bits per heavy atom. The third-order valence-corrected chi connectivity index (χ3v) is 2.30. The predicted octanol–water partition coefficient (Wildman–Crippen LogP) is 3.48. The Morgan fingerprint density at radius 2 is 1.87 bits per heavy atom. The lowest BCUT2D eigenvalue weighted by Gasteiger charge is -2.05. The van der Waals surface area contributed by atoms with E-state index in [1.165, 1.54) is 5.56 Å². The second-order valence-corrected chi connectivity index (χ2v) is 3.37. The molecule has 15 heavy (non-hydrogen) atoms. The average Bonchev–Trinajstić information content (AvgIpc) is 2.31. The quantitative estimate of drug-likeness (QED) is 0.683. The lowest BCUT2D eigenvalue weighted by molar-refractivity contribution is 1.20. The lowest BCUT2D eigenvalue weighted by Crippen LogP contribution is -1.90. The number of benzene rings is 1. The van der Waals surface area contributed by atoms with Crippen LogP contribution in [-0.4, -0.2) is 4.98 Å². The van der Waals surface area contributed by atoms with E-state index in [-0.39, 0.29) is 0 Å². The first-order valence-electron chi connectivity index (χ1n) is 5.02. The van der Waals surface area contributed by atoms with Crippen LogP contribution >= 0.6 is 0 Å². The van der Waals surface area contributed by atoms with Gasteiger partial charge in [0.05, 0.1) is 5.69 Å². The van der Waals surface area contributed by atoms with Gasteiger partial charge >= 0.3 is 0 Å². The van der Waals surface area contributed by atoms with Gasteiger partial charge in [0.15, 0.2) is 0 Å². The van der Waals surface area contributed by atoms with Crippen LogP contribution in [-0.2, 0) is 6.42 Å². The van der Waals surface area contributed by atoms with E-state index in [9.17, 15) is 0 Å². The Balaban J connectivity index is 2.48. The summed E-state index contributed by atoms with van der Waals surface area (Å²) in [5, 5.41) is 0. The number of nitrogens with zero attached hydrogens (tertiary/aromatic N) is 1. The number of hydrogen-bond donors (Lipinski definition) is 0. The monoisotopic (exact) mass is 195 g/mol. The summed E-state index contributed by atoms with van der Waals surface area (Å²) in [5.74, 6) is 0. The summed E-state index contributed by atoms with van der Waals surface area (Å²) in [4.78, 5) is 4.42. The maximum Gasteiger partial charge on any atom is 0.0737 e. The Hall–Kier alpha value is -1.89. The van der Waals surface area contributed by atoms with Gasteiger partial charge in [-0.05, 0) is 18.1 Å². The second kappa shape index (κ2) is 4.56. The van der Waals surface area contributed by atoms with Gasteiger partial charge in [-0.2, -0.15) is 0 Å². The molecule has 0 aliphatic carbocycles. The fourth-order valence-electron chi connectivity index (χ4n) is 1.61. The summed E-state index contributed by atoms with van der Waals surface area (Å²) in [6.45, 7) is 3.76. The first-order valence-corrected chi connectivity index (χ1v) is 5.02. The zero-order valence-corrected chi connectivity index (χ0v) is 8.56. The molecule has 0 fully saturated rings. The summed E-state index contributed by atoms with van der Waals surface area (Å²) >= 11 is 0. The first-order chi connectivity index (χ1) is 7.42. The fourth-order valence-corrected chi connectivity index (χ4v) is 1.61. The molecule has 0 bridgehead atoms. The Bertz CT molecular complexity index is 446. The van der Waals surface area contributed by atoms with Crippen LogP contribution in [0.5, 0.6) is 0 Å². The molecule has 1 nitrogen and oxygen atoms in total. The van der Waals surface area contributed by atoms with Gasteiger partial charge in [-0.25, -0.2) is 0 Å². The molecule has 1 heterocycles. The zero-order chi connectivity index (χ0) is 10.5. The van der Waals surface area contributed by atoms with Crippen molar-refractivity contribution >= 4 is 0 Å². The van der Waals surface area contributed by atoms with Crippen molar-refractivity contribution in [1.82, 2.24) is 4.98 Å². The van der Waals surface area contributed by atoms with Crippen molar-refractivity contribution in [2.45, 2.75) is 6.42 Å². The SMILES string of the molecule is C=CCc1cccnc1-c1ccccc1. The molecule has 2 rings (SSSR count). The van der Waals surface area contributed by atoms with Crippen molar-refractivity contribution in [2.24, 2.45) is 0 Å². The summed E-state index contributed by atoms with van der Waals surface area (Å²) in [5.41, 5.74) is 3.44. The highest BCUT2D eigenvalue weighted by atomic mass is 14.7. The average molecular weight is 195 g/mol. The zero-order valence-electron chi connectivity index (χ0n) is 8.56. The number of allylic oxidation sites excluding steroid dienone is 1. The molecule has 1 heteroatoms. The fraction of sp³-hybridized carbons (Fsp3) is 0.0714. The predicted molar refractivity (Wildman–Crippen MR) is 63.6 cm³/mol. The topological polar surface area (TPSA) is 12.9 Å². The van der Waals surface area contributed by atoms with E-state index in [0.29, 0.717) is 0 Å². The molecule has 0 N–H and O–H groups in total. The van der Waals surface area contributed by atoms with Crippen LogP contribution in [0.25, 0.3) is 11.3 Å². The molecule has 1 aromatic heterocycles. The summed E-state index contributed by atoms with van der Waals surface area (Å²) < 4.78 is 0. The van der Waals surface area contributed by atoms with Gasteiger partial charge in [0.1, 0.15) is 0 Å². The maximum absolute atomic E-state index is 4.42. The van der Waals surface area contributed by atoms with Crippen LogP contribution in [0, 0.1) is 0 Å². The van der Waals surface area contributed by atoms with Gasteiger partial charge in [-0.3, -0.25) is 4.98 Å². The van der Waals surface area contributed by atoms with Crippen LogP contribution in [0.3, 0.4) is 0 Å². The first kappa shape index (κ1) is 9.66. The van der Waals surface area contributed by atoms with E-state index in [1.807, 2.05) is 36.5 Å². The van der Waals surface area contributed by atoms with E-state index in [2.05, 4.69) is 29.8 Å². The molecule has 0 saturated carbocycles. The van der Waals surface area contributed by atoms with Crippen LogP contribution in [0.2, 0.25) is 0 Å². The van der Waals surface area contributed by atoms with E-state index in [1.54, 1.807) is 0 Å². The Labute approximate surface area is 90.1 Å².